The van der Waals surface area contributed by atoms with Crippen molar-refractivity contribution >= 4 is 30.3 Å². The molecule has 0 bridgehead atoms. The molecule has 0 aliphatic heterocycles. The molecule has 0 aromatic heterocycles. The fourth-order valence-electron chi connectivity index (χ4n) is 3.82. The molecule has 0 N–H and O–H groups in total. The van der Waals surface area contributed by atoms with Crippen LogP contribution in [-0.2, 0) is 23.6 Å². The summed E-state index contributed by atoms with van der Waals surface area (Å²) in [4.78, 5) is 0. The zero-order valence-corrected chi connectivity index (χ0v) is 20.6. The Morgan fingerprint density at radius 3 is 2.03 bits per heavy atom. The Morgan fingerprint density at radius 1 is 0.800 bits per heavy atom. The molecule has 0 saturated heterocycles. The summed E-state index contributed by atoms with van der Waals surface area (Å²) in [5.74, 6) is 0.259. The number of hydrogen-bond donors (Lipinski definition) is 0. The van der Waals surface area contributed by atoms with Gasteiger partial charge in [0.2, 0.25) is 0 Å². The van der Waals surface area contributed by atoms with Crippen LogP contribution < -0.4 is 0 Å². The number of fused-ring (bicyclic) bond motifs is 1. The maximum atomic E-state index is 4.89. The van der Waals surface area contributed by atoms with Crippen LogP contribution in [0.4, 0.5) is 0 Å². The summed E-state index contributed by atoms with van der Waals surface area (Å²) in [5.41, 5.74) is 8.03. The van der Waals surface area contributed by atoms with Crippen molar-refractivity contribution in [2.45, 2.75) is 38.8 Å². The van der Waals surface area contributed by atoms with Crippen molar-refractivity contribution in [3.63, 3.8) is 0 Å². The molecule has 4 rings (SSSR count). The van der Waals surface area contributed by atoms with Gasteiger partial charge in [-0.2, -0.15) is 0 Å². The van der Waals surface area contributed by atoms with Crippen molar-refractivity contribution in [3.05, 3.63) is 112 Å². The Morgan fingerprint density at radius 2 is 1.37 bits per heavy atom. The van der Waals surface area contributed by atoms with E-state index in [2.05, 4.69) is 106 Å². The maximum absolute atomic E-state index is 4.89. The molecule has 0 saturated carbocycles. The van der Waals surface area contributed by atoms with Gasteiger partial charge in [-0.05, 0) is 33.9 Å². The van der Waals surface area contributed by atoms with Crippen molar-refractivity contribution < 1.29 is 17.0 Å². The molecule has 0 radical (unpaired) electrons. The standard InChI is InChI=1S/C26H26N.2ClH.Ti/c1-26(2,3)27-18-21-14-8-10-16-23(21)25-22-15-9-7-13-20(22)17-24(25)19-11-5-4-6-12-19;;;/h4-17,25H,18H2,1-3H3;2*1H;/q-1;;;+2/p-2. The van der Waals surface area contributed by atoms with Gasteiger partial charge < -0.3 is 5.32 Å². The molecule has 1 aliphatic rings. The van der Waals surface area contributed by atoms with Crippen LogP contribution in [0.3, 0.4) is 0 Å². The first kappa shape index (κ1) is 23.3. The van der Waals surface area contributed by atoms with Crippen molar-refractivity contribution in [2.24, 2.45) is 0 Å². The number of nitrogens with zero attached hydrogens (tertiary/aromatic N) is 1. The fourth-order valence-corrected chi connectivity index (χ4v) is 3.82. The van der Waals surface area contributed by atoms with Crippen molar-refractivity contribution in [1.29, 1.82) is 0 Å². The Balaban J connectivity index is 0.000000806. The number of halogens is 2. The third-order valence-electron chi connectivity index (χ3n) is 5.13. The molecule has 1 unspecified atom stereocenters. The molecule has 3 aromatic rings. The summed E-state index contributed by atoms with van der Waals surface area (Å²) >= 11 is -0.556. The molecule has 4 heteroatoms. The van der Waals surface area contributed by atoms with Crippen LogP contribution in [0.2, 0.25) is 0 Å². The molecule has 3 aromatic carbocycles. The predicted octanol–water partition coefficient (Wildman–Crippen LogP) is 8.42. The SMILES string of the molecule is CC(C)(C)[N-]Cc1ccccc1C1C(c2ccccc2)=Cc2ccccc21.[Cl][Ti][Cl]. The number of allylic oxidation sites excluding steroid dienone is 1. The van der Waals surface area contributed by atoms with E-state index in [0.29, 0.717) is 0 Å². The molecular weight excluding hydrogens is 445 g/mol. The van der Waals surface area contributed by atoms with Gasteiger partial charge in [0.15, 0.2) is 0 Å². The third-order valence-corrected chi connectivity index (χ3v) is 5.13. The van der Waals surface area contributed by atoms with Gasteiger partial charge in [0.25, 0.3) is 0 Å². The van der Waals surface area contributed by atoms with Crippen LogP contribution in [0, 0.1) is 0 Å². The second kappa shape index (κ2) is 10.8. The molecule has 1 aliphatic carbocycles. The molecule has 0 amide bonds. The third kappa shape index (κ3) is 5.87. The molecule has 0 heterocycles. The Hall–Kier alpha value is -1.35. The van der Waals surface area contributed by atoms with Gasteiger partial charge in [0.05, 0.1) is 0 Å². The van der Waals surface area contributed by atoms with Gasteiger partial charge in [-0.3, -0.25) is 0 Å². The predicted molar refractivity (Wildman–Crippen MR) is 128 cm³/mol. The van der Waals surface area contributed by atoms with Crippen LogP contribution in [0.15, 0.2) is 78.9 Å². The van der Waals surface area contributed by atoms with E-state index in [1.165, 1.54) is 33.4 Å². The zero-order valence-electron chi connectivity index (χ0n) is 17.6. The first-order chi connectivity index (χ1) is 14.4. The van der Waals surface area contributed by atoms with E-state index in [1.54, 1.807) is 0 Å². The molecule has 154 valence electrons. The quantitative estimate of drug-likeness (QED) is 0.339. The van der Waals surface area contributed by atoms with Gasteiger partial charge in [-0.25, -0.2) is 0 Å². The van der Waals surface area contributed by atoms with Crippen LogP contribution in [0.1, 0.15) is 54.5 Å². The van der Waals surface area contributed by atoms with E-state index in [0.717, 1.165) is 6.54 Å². The number of hydrogen-bond acceptors (Lipinski definition) is 0. The van der Waals surface area contributed by atoms with Crippen LogP contribution >= 0.6 is 18.6 Å². The van der Waals surface area contributed by atoms with Crippen molar-refractivity contribution in [3.8, 4) is 0 Å². The van der Waals surface area contributed by atoms with Crippen LogP contribution in [0.25, 0.3) is 17.0 Å². The van der Waals surface area contributed by atoms with Gasteiger partial charge >= 0.3 is 35.6 Å². The minimum atomic E-state index is -0.556. The van der Waals surface area contributed by atoms with E-state index >= 15 is 0 Å². The summed E-state index contributed by atoms with van der Waals surface area (Å²) in [6, 6.07) is 28.3. The second-order valence-electron chi connectivity index (χ2n) is 8.28. The zero-order chi connectivity index (χ0) is 21.6. The first-order valence-corrected chi connectivity index (χ1v) is 14.3. The normalized spacial score (nSPS) is 15.0. The first-order valence-electron chi connectivity index (χ1n) is 10.0. The topological polar surface area (TPSA) is 14.1 Å². The molecule has 1 nitrogen and oxygen atoms in total. The van der Waals surface area contributed by atoms with E-state index < -0.39 is 17.0 Å². The van der Waals surface area contributed by atoms with Gasteiger partial charge in [0, 0.05) is 5.92 Å². The fraction of sp³-hybridized carbons (Fsp3) is 0.231. The Kier molecular flexibility index (Phi) is 8.39. The molecular formula is C26H26Cl2NTi-. The van der Waals surface area contributed by atoms with Crippen LogP contribution in [-0.4, -0.2) is 5.54 Å². The van der Waals surface area contributed by atoms with Crippen molar-refractivity contribution in [1.82, 2.24) is 0 Å². The molecule has 0 fully saturated rings. The average Bonchev–Trinajstić information content (AvgIpc) is 3.13. The van der Waals surface area contributed by atoms with E-state index in [1.807, 2.05) is 0 Å². The average molecular weight is 471 g/mol. The van der Waals surface area contributed by atoms with E-state index in [4.69, 9.17) is 23.9 Å². The van der Waals surface area contributed by atoms with Gasteiger partial charge in [0.1, 0.15) is 0 Å². The van der Waals surface area contributed by atoms with E-state index in [-0.39, 0.29) is 11.5 Å². The number of rotatable bonds is 4. The van der Waals surface area contributed by atoms with Crippen molar-refractivity contribution in [2.75, 3.05) is 0 Å². The second-order valence-corrected chi connectivity index (χ2v) is 10.9. The monoisotopic (exact) mass is 470 g/mol. The summed E-state index contributed by atoms with van der Waals surface area (Å²) in [5, 5.41) is 4.89. The summed E-state index contributed by atoms with van der Waals surface area (Å²) in [7, 11) is 9.78. The van der Waals surface area contributed by atoms with Gasteiger partial charge in [-0.15, -0.1) is 12.1 Å². The summed E-state index contributed by atoms with van der Waals surface area (Å²) < 4.78 is 0. The van der Waals surface area contributed by atoms with Crippen LogP contribution in [0.5, 0.6) is 0 Å². The molecule has 1 atom stereocenters. The summed E-state index contributed by atoms with van der Waals surface area (Å²) in [6.45, 7) is 7.24. The Bertz CT molecular complexity index is 993. The number of benzene rings is 3. The van der Waals surface area contributed by atoms with Gasteiger partial charge in [-0.1, -0.05) is 105 Å². The summed E-state index contributed by atoms with van der Waals surface area (Å²) in [6.07, 6.45) is 2.35. The minimum absolute atomic E-state index is 0.0290. The molecule has 0 spiro atoms. The molecule has 30 heavy (non-hydrogen) atoms. The Labute approximate surface area is 197 Å². The van der Waals surface area contributed by atoms with E-state index in [9.17, 15) is 0 Å².